The Labute approximate surface area is 201 Å². The molecule has 0 bridgehead atoms. The smallest absolute Gasteiger partial charge is 0.375 e. The fourth-order valence-electron chi connectivity index (χ4n) is 4.13. The third-order valence-corrected chi connectivity index (χ3v) is 7.12. The minimum Gasteiger partial charge on any atom is -0.375 e. The van der Waals surface area contributed by atoms with Crippen LogP contribution in [-0.2, 0) is 17.3 Å². The lowest BCUT2D eigenvalue weighted by atomic mass is 10.0. The first kappa shape index (κ1) is 24.5. The molecule has 0 spiro atoms. The lowest BCUT2D eigenvalue weighted by Crippen LogP contribution is -2.45. The molecule has 2 unspecified atom stereocenters. The summed E-state index contributed by atoms with van der Waals surface area (Å²) in [7, 11) is 1.65. The van der Waals surface area contributed by atoms with Crippen molar-refractivity contribution in [2.45, 2.75) is 37.2 Å². The van der Waals surface area contributed by atoms with Gasteiger partial charge in [-0.1, -0.05) is 36.0 Å². The van der Waals surface area contributed by atoms with Crippen molar-refractivity contribution in [2.24, 2.45) is 11.5 Å². The first-order valence-corrected chi connectivity index (χ1v) is 11.8. The molecule has 3 aromatic rings. The summed E-state index contributed by atoms with van der Waals surface area (Å²) in [5.41, 5.74) is 14.7. The number of hydrogen-bond donors (Lipinski definition) is 2. The second-order valence-electron chi connectivity index (χ2n) is 8.35. The van der Waals surface area contributed by atoms with Crippen LogP contribution in [0.2, 0.25) is 0 Å². The SMILES string of the molecule is COC(C)C1=C(c2ccc3cnccc3c2)SC(N)N1C[C@H](N)Cc1ccc(C(F)(F)F)cc1. The van der Waals surface area contributed by atoms with Crippen molar-refractivity contribution in [3.8, 4) is 0 Å². The molecular formula is C25H27F3N4OS. The molecule has 9 heteroatoms. The number of thioether (sulfide) groups is 1. The summed E-state index contributed by atoms with van der Waals surface area (Å²) < 4.78 is 44.2. The molecule has 0 radical (unpaired) electrons. The van der Waals surface area contributed by atoms with Gasteiger partial charge in [-0.3, -0.25) is 4.98 Å². The first-order valence-electron chi connectivity index (χ1n) is 10.9. The molecule has 4 rings (SSSR count). The van der Waals surface area contributed by atoms with Gasteiger partial charge in [-0.15, -0.1) is 0 Å². The van der Waals surface area contributed by atoms with Crippen LogP contribution in [0, 0.1) is 0 Å². The Kier molecular flexibility index (Phi) is 7.18. The molecule has 1 aromatic heterocycles. The summed E-state index contributed by atoms with van der Waals surface area (Å²) in [6.07, 6.45) is -0.557. The van der Waals surface area contributed by atoms with Crippen LogP contribution >= 0.6 is 11.8 Å². The number of ether oxygens (including phenoxy) is 1. The number of halogens is 3. The maximum absolute atomic E-state index is 12.8. The maximum Gasteiger partial charge on any atom is 0.416 e. The highest BCUT2D eigenvalue weighted by atomic mass is 32.2. The van der Waals surface area contributed by atoms with Crippen LogP contribution in [0.4, 0.5) is 13.2 Å². The fraction of sp³-hybridized carbons (Fsp3) is 0.320. The van der Waals surface area contributed by atoms with E-state index in [1.165, 1.54) is 12.1 Å². The lowest BCUT2D eigenvalue weighted by Gasteiger charge is -2.31. The molecule has 5 nitrogen and oxygen atoms in total. The van der Waals surface area contributed by atoms with E-state index in [0.29, 0.717) is 13.0 Å². The molecule has 1 aliphatic rings. The monoisotopic (exact) mass is 488 g/mol. The van der Waals surface area contributed by atoms with E-state index in [0.717, 1.165) is 44.6 Å². The molecule has 2 aromatic carbocycles. The van der Waals surface area contributed by atoms with Gasteiger partial charge in [-0.2, -0.15) is 13.2 Å². The predicted octanol–water partition coefficient (Wildman–Crippen LogP) is 4.82. The molecule has 34 heavy (non-hydrogen) atoms. The van der Waals surface area contributed by atoms with E-state index in [1.807, 2.05) is 36.2 Å². The number of aromatic nitrogens is 1. The number of fused-ring (bicyclic) bond motifs is 1. The van der Waals surface area contributed by atoms with E-state index in [4.69, 9.17) is 16.2 Å². The Bertz CT molecular complexity index is 1180. The lowest BCUT2D eigenvalue weighted by molar-refractivity contribution is -0.137. The summed E-state index contributed by atoms with van der Waals surface area (Å²) in [5, 5.41) is 2.13. The van der Waals surface area contributed by atoms with Crippen molar-refractivity contribution in [3.63, 3.8) is 0 Å². The molecule has 2 heterocycles. The van der Waals surface area contributed by atoms with E-state index in [9.17, 15) is 13.2 Å². The Morgan fingerprint density at radius 2 is 1.85 bits per heavy atom. The van der Waals surface area contributed by atoms with Crippen LogP contribution in [-0.4, -0.2) is 41.2 Å². The van der Waals surface area contributed by atoms with E-state index in [2.05, 4.69) is 11.1 Å². The molecule has 0 amide bonds. The molecule has 0 saturated carbocycles. The molecule has 0 aliphatic carbocycles. The molecule has 3 atom stereocenters. The van der Waals surface area contributed by atoms with Crippen molar-refractivity contribution >= 4 is 27.4 Å². The van der Waals surface area contributed by atoms with E-state index in [-0.39, 0.29) is 17.6 Å². The summed E-state index contributed by atoms with van der Waals surface area (Å²) >= 11 is 1.55. The van der Waals surface area contributed by atoms with Gasteiger partial charge >= 0.3 is 6.18 Å². The fourth-order valence-corrected chi connectivity index (χ4v) is 5.37. The molecule has 4 N–H and O–H groups in total. The minimum atomic E-state index is -4.36. The number of alkyl halides is 3. The second kappa shape index (κ2) is 9.95. The molecular weight excluding hydrogens is 461 g/mol. The van der Waals surface area contributed by atoms with Crippen LogP contribution in [0.5, 0.6) is 0 Å². The second-order valence-corrected chi connectivity index (χ2v) is 9.48. The highest BCUT2D eigenvalue weighted by Crippen LogP contribution is 2.44. The van der Waals surface area contributed by atoms with E-state index >= 15 is 0 Å². The van der Waals surface area contributed by atoms with Crippen LogP contribution in [0.3, 0.4) is 0 Å². The van der Waals surface area contributed by atoms with Gasteiger partial charge in [0.2, 0.25) is 0 Å². The average molecular weight is 489 g/mol. The van der Waals surface area contributed by atoms with Gasteiger partial charge in [0.05, 0.1) is 17.4 Å². The van der Waals surface area contributed by atoms with Crippen molar-refractivity contribution in [1.82, 2.24) is 9.88 Å². The van der Waals surface area contributed by atoms with Crippen molar-refractivity contribution in [2.75, 3.05) is 13.7 Å². The van der Waals surface area contributed by atoms with Crippen LogP contribution < -0.4 is 11.5 Å². The highest BCUT2D eigenvalue weighted by Gasteiger charge is 2.35. The van der Waals surface area contributed by atoms with Crippen LogP contribution in [0.1, 0.15) is 23.6 Å². The van der Waals surface area contributed by atoms with Crippen molar-refractivity contribution < 1.29 is 17.9 Å². The number of rotatable bonds is 7. The zero-order valence-electron chi connectivity index (χ0n) is 18.9. The van der Waals surface area contributed by atoms with Gasteiger partial charge in [-0.25, -0.2) is 0 Å². The van der Waals surface area contributed by atoms with E-state index in [1.54, 1.807) is 25.1 Å². The summed E-state index contributed by atoms with van der Waals surface area (Å²) in [4.78, 5) is 7.24. The Morgan fingerprint density at radius 1 is 1.12 bits per heavy atom. The highest BCUT2D eigenvalue weighted by molar-refractivity contribution is 8.09. The molecule has 0 fully saturated rings. The summed E-state index contributed by atoms with van der Waals surface area (Å²) in [6.45, 7) is 2.41. The molecule has 0 saturated heterocycles. The summed E-state index contributed by atoms with van der Waals surface area (Å²) in [6, 6.07) is 13.0. The van der Waals surface area contributed by atoms with Gasteiger partial charge in [0, 0.05) is 42.4 Å². The zero-order chi connectivity index (χ0) is 24.5. The zero-order valence-corrected chi connectivity index (χ0v) is 19.7. The number of pyridine rings is 1. The summed E-state index contributed by atoms with van der Waals surface area (Å²) in [5.74, 6) is 0. The van der Waals surface area contributed by atoms with Crippen molar-refractivity contribution in [3.05, 3.63) is 83.3 Å². The Balaban J connectivity index is 1.57. The minimum absolute atomic E-state index is 0.220. The third-order valence-electron chi connectivity index (χ3n) is 5.94. The standard InChI is InChI=1S/C25H27F3N4OS/c1-15(33-2)22-23(18-5-6-19-13-31-10-9-17(19)12-18)34-24(30)32(22)14-21(29)11-16-3-7-20(8-4-16)25(26,27)28/h3-10,12-13,15,21,24H,11,14,29-30H2,1-2H3/t15?,21-,24?/m1/s1. The Hall–Kier alpha value is -2.59. The predicted molar refractivity (Wildman–Crippen MR) is 131 cm³/mol. The number of hydrogen-bond acceptors (Lipinski definition) is 6. The van der Waals surface area contributed by atoms with Gasteiger partial charge in [0.25, 0.3) is 0 Å². The molecule has 180 valence electrons. The largest absolute Gasteiger partial charge is 0.416 e. The number of methoxy groups -OCH3 is 1. The van der Waals surface area contributed by atoms with Gasteiger partial charge in [-0.05, 0) is 54.1 Å². The number of nitrogens with zero attached hydrogens (tertiary/aromatic N) is 2. The normalized spacial score (nSPS) is 18.6. The van der Waals surface area contributed by atoms with Crippen molar-refractivity contribution in [1.29, 1.82) is 0 Å². The van der Waals surface area contributed by atoms with E-state index < -0.39 is 11.7 Å². The van der Waals surface area contributed by atoms with Gasteiger partial charge in [0.1, 0.15) is 5.50 Å². The Morgan fingerprint density at radius 3 is 2.53 bits per heavy atom. The third kappa shape index (κ3) is 5.22. The quantitative estimate of drug-likeness (QED) is 0.497. The number of nitrogens with two attached hydrogens (primary N) is 2. The molecule has 1 aliphatic heterocycles. The van der Waals surface area contributed by atoms with Gasteiger partial charge < -0.3 is 21.1 Å². The first-order chi connectivity index (χ1) is 16.2. The topological polar surface area (TPSA) is 77.4 Å². The number of benzene rings is 2. The van der Waals surface area contributed by atoms with Crippen LogP contribution in [0.25, 0.3) is 15.7 Å². The maximum atomic E-state index is 12.8. The van der Waals surface area contributed by atoms with Crippen LogP contribution in [0.15, 0.2) is 66.6 Å². The average Bonchev–Trinajstić information content (AvgIpc) is 3.13. The van der Waals surface area contributed by atoms with Gasteiger partial charge in [0.15, 0.2) is 0 Å².